The third-order valence-corrected chi connectivity index (χ3v) is 7.66. The minimum absolute atomic E-state index is 0.109. The summed E-state index contributed by atoms with van der Waals surface area (Å²) >= 11 is 12.7. The van der Waals surface area contributed by atoms with Crippen molar-refractivity contribution in [1.29, 1.82) is 0 Å². The van der Waals surface area contributed by atoms with Crippen molar-refractivity contribution >= 4 is 28.9 Å². The SMILES string of the molecule is CC(n1nnc(CCN2CCN(c3c(Cl)cccc3Cl)CC2)n1)C(O)(Cn1cncn1)c1ccc(F)cc1F. The predicted molar refractivity (Wildman–Crippen MR) is 142 cm³/mol. The van der Waals surface area contributed by atoms with Gasteiger partial charge in [0.1, 0.15) is 35.9 Å². The predicted octanol–water partition coefficient (Wildman–Crippen LogP) is 3.36. The number of para-hydroxylation sites is 1. The van der Waals surface area contributed by atoms with Gasteiger partial charge in [-0.15, -0.1) is 10.2 Å². The zero-order valence-corrected chi connectivity index (χ0v) is 22.6. The molecule has 2 unspecified atom stereocenters. The highest BCUT2D eigenvalue weighted by molar-refractivity contribution is 6.39. The summed E-state index contributed by atoms with van der Waals surface area (Å²) in [6.45, 7) is 5.37. The quantitative estimate of drug-likeness (QED) is 0.323. The van der Waals surface area contributed by atoms with Gasteiger partial charge in [0.25, 0.3) is 0 Å². The number of nitrogens with zero attached hydrogens (tertiary/aromatic N) is 9. The Morgan fingerprint density at radius 3 is 2.49 bits per heavy atom. The largest absolute Gasteiger partial charge is 0.381 e. The molecule has 1 N–H and O–H groups in total. The molecule has 2 atom stereocenters. The standard InChI is InChI=1S/C25H27Cl2F2N9O/c1-17(25(39,14-37-16-30-15-31-37)19-6-5-18(28)13-22(19)29)38-33-23(32-34-38)7-8-35-9-11-36(12-10-35)24-20(26)3-2-4-21(24)27/h2-6,13,15-17,39H,7-12,14H2,1H3. The highest BCUT2D eigenvalue weighted by Gasteiger charge is 2.41. The van der Waals surface area contributed by atoms with E-state index in [1.165, 1.54) is 28.2 Å². The fourth-order valence-electron chi connectivity index (χ4n) is 4.80. The van der Waals surface area contributed by atoms with Crippen LogP contribution in [0.3, 0.4) is 0 Å². The molecule has 10 nitrogen and oxygen atoms in total. The van der Waals surface area contributed by atoms with E-state index in [0.717, 1.165) is 44.0 Å². The molecule has 39 heavy (non-hydrogen) atoms. The molecule has 1 aliphatic heterocycles. The Morgan fingerprint density at radius 1 is 1.08 bits per heavy atom. The highest BCUT2D eigenvalue weighted by atomic mass is 35.5. The number of hydrogen-bond acceptors (Lipinski definition) is 8. The average Bonchev–Trinajstić information content (AvgIpc) is 3.60. The van der Waals surface area contributed by atoms with Crippen LogP contribution in [0.2, 0.25) is 10.0 Å². The second kappa shape index (κ2) is 11.5. The van der Waals surface area contributed by atoms with E-state index in [9.17, 15) is 13.9 Å². The van der Waals surface area contributed by atoms with Crippen molar-refractivity contribution in [3.05, 3.63) is 82.1 Å². The molecule has 0 saturated carbocycles. The van der Waals surface area contributed by atoms with Crippen molar-refractivity contribution in [3.63, 3.8) is 0 Å². The number of aliphatic hydroxyl groups is 1. The number of hydrogen-bond donors (Lipinski definition) is 1. The number of rotatable bonds is 9. The summed E-state index contributed by atoms with van der Waals surface area (Å²) in [5.41, 5.74) is -1.13. The highest BCUT2D eigenvalue weighted by Crippen LogP contribution is 2.36. The number of anilines is 1. The van der Waals surface area contributed by atoms with Gasteiger partial charge in [-0.3, -0.25) is 4.90 Å². The van der Waals surface area contributed by atoms with Gasteiger partial charge in [-0.25, -0.2) is 18.4 Å². The lowest BCUT2D eigenvalue weighted by molar-refractivity contribution is -0.0418. The average molecular weight is 578 g/mol. The molecule has 1 fully saturated rings. The molecule has 0 spiro atoms. The zero-order valence-electron chi connectivity index (χ0n) is 21.1. The van der Waals surface area contributed by atoms with Crippen molar-refractivity contribution < 1.29 is 13.9 Å². The number of halogens is 4. The van der Waals surface area contributed by atoms with E-state index >= 15 is 0 Å². The van der Waals surface area contributed by atoms with Crippen molar-refractivity contribution in [1.82, 2.24) is 39.9 Å². The Labute approximate surface area is 233 Å². The van der Waals surface area contributed by atoms with E-state index in [4.69, 9.17) is 23.2 Å². The lowest BCUT2D eigenvalue weighted by atomic mass is 9.86. The summed E-state index contributed by atoms with van der Waals surface area (Å²) in [5, 5.41) is 29.8. The minimum Gasteiger partial charge on any atom is -0.381 e. The van der Waals surface area contributed by atoms with Crippen molar-refractivity contribution in [2.75, 3.05) is 37.6 Å². The van der Waals surface area contributed by atoms with Crippen LogP contribution < -0.4 is 4.90 Å². The van der Waals surface area contributed by atoms with Gasteiger partial charge in [-0.05, 0) is 30.3 Å². The maximum Gasteiger partial charge on any atom is 0.176 e. The lowest BCUT2D eigenvalue weighted by Gasteiger charge is -2.36. The van der Waals surface area contributed by atoms with Crippen LogP contribution in [0, 0.1) is 11.6 Å². The molecule has 3 heterocycles. The normalized spacial score (nSPS) is 16.8. The van der Waals surface area contributed by atoms with Crippen LogP contribution in [0.5, 0.6) is 0 Å². The van der Waals surface area contributed by atoms with Gasteiger partial charge in [0.2, 0.25) is 0 Å². The maximum atomic E-state index is 14.8. The fraction of sp³-hybridized carbons (Fsp3) is 0.400. The van der Waals surface area contributed by atoms with E-state index in [1.54, 1.807) is 6.92 Å². The molecule has 5 rings (SSSR count). The van der Waals surface area contributed by atoms with Gasteiger partial charge in [0.05, 0.1) is 22.3 Å². The molecule has 2 aromatic heterocycles. The first kappa shape index (κ1) is 27.4. The molecule has 4 aromatic rings. The second-order valence-electron chi connectivity index (χ2n) is 9.49. The van der Waals surface area contributed by atoms with Crippen LogP contribution in [-0.4, -0.2) is 77.7 Å². The fourth-order valence-corrected chi connectivity index (χ4v) is 5.44. The zero-order chi connectivity index (χ0) is 27.6. The lowest BCUT2D eigenvalue weighted by Crippen LogP contribution is -2.47. The topological polar surface area (TPSA) is 101 Å². The van der Waals surface area contributed by atoms with E-state index in [1.807, 2.05) is 18.2 Å². The van der Waals surface area contributed by atoms with Crippen LogP contribution in [0.15, 0.2) is 49.1 Å². The summed E-state index contributed by atoms with van der Waals surface area (Å²) in [4.78, 5) is 9.62. The number of aromatic nitrogens is 7. The first-order chi connectivity index (χ1) is 18.7. The minimum atomic E-state index is -1.88. The van der Waals surface area contributed by atoms with E-state index in [0.29, 0.717) is 28.8 Å². The Bertz CT molecular complexity index is 1390. The van der Waals surface area contributed by atoms with E-state index in [-0.39, 0.29) is 12.1 Å². The summed E-state index contributed by atoms with van der Waals surface area (Å²) in [6.07, 6.45) is 3.24. The Kier molecular flexibility index (Phi) is 8.08. The molecule has 0 radical (unpaired) electrons. The molecule has 206 valence electrons. The third kappa shape index (κ3) is 5.88. The molecule has 2 aromatic carbocycles. The monoisotopic (exact) mass is 577 g/mol. The van der Waals surface area contributed by atoms with Crippen LogP contribution >= 0.6 is 23.2 Å². The van der Waals surface area contributed by atoms with Crippen molar-refractivity contribution in [2.24, 2.45) is 0 Å². The van der Waals surface area contributed by atoms with Gasteiger partial charge in [0.15, 0.2) is 5.82 Å². The smallest absolute Gasteiger partial charge is 0.176 e. The van der Waals surface area contributed by atoms with E-state index in [2.05, 4.69) is 35.3 Å². The first-order valence-electron chi connectivity index (χ1n) is 12.4. The van der Waals surface area contributed by atoms with E-state index < -0.39 is 23.3 Å². The van der Waals surface area contributed by atoms with Crippen LogP contribution in [0.1, 0.15) is 24.4 Å². The Morgan fingerprint density at radius 2 is 1.82 bits per heavy atom. The van der Waals surface area contributed by atoms with Crippen molar-refractivity contribution in [3.8, 4) is 0 Å². The molecule has 0 bridgehead atoms. The molecule has 1 aliphatic rings. The molecule has 1 saturated heterocycles. The third-order valence-electron chi connectivity index (χ3n) is 7.05. The number of benzene rings is 2. The van der Waals surface area contributed by atoms with Gasteiger partial charge < -0.3 is 10.0 Å². The van der Waals surface area contributed by atoms with Crippen LogP contribution in [0.4, 0.5) is 14.5 Å². The van der Waals surface area contributed by atoms with Crippen molar-refractivity contribution in [2.45, 2.75) is 31.5 Å². The van der Waals surface area contributed by atoms with Gasteiger partial charge in [0, 0.05) is 50.8 Å². The van der Waals surface area contributed by atoms with Gasteiger partial charge in [-0.2, -0.15) is 9.90 Å². The first-order valence-corrected chi connectivity index (χ1v) is 13.2. The summed E-state index contributed by atoms with van der Waals surface area (Å²) in [7, 11) is 0. The van der Waals surface area contributed by atoms with Crippen LogP contribution in [0.25, 0.3) is 0 Å². The maximum absolute atomic E-state index is 14.8. The molecule has 0 amide bonds. The summed E-state index contributed by atoms with van der Waals surface area (Å²) < 4.78 is 29.8. The summed E-state index contributed by atoms with van der Waals surface area (Å²) in [6, 6.07) is 7.67. The van der Waals surface area contributed by atoms with Gasteiger partial charge >= 0.3 is 0 Å². The number of tetrazole rings is 1. The molecule has 0 aliphatic carbocycles. The molecular formula is C25H27Cl2F2N9O. The molecule has 14 heteroatoms. The van der Waals surface area contributed by atoms with Gasteiger partial charge in [-0.1, -0.05) is 35.3 Å². The Balaban J connectivity index is 1.25. The van der Waals surface area contributed by atoms with Crippen LogP contribution in [-0.2, 0) is 18.6 Å². The molecular weight excluding hydrogens is 551 g/mol. The second-order valence-corrected chi connectivity index (χ2v) is 10.3. The Hall–Kier alpha value is -3.19. The summed E-state index contributed by atoms with van der Waals surface area (Å²) in [5.74, 6) is -1.15. The number of piperazine rings is 1.